The largest absolute Gasteiger partial charge is 0.434 e. The third-order valence-electron chi connectivity index (χ3n) is 3.36. The van der Waals surface area contributed by atoms with Gasteiger partial charge in [-0.05, 0) is 36.4 Å². The van der Waals surface area contributed by atoms with Gasteiger partial charge < -0.3 is 0 Å². The van der Waals surface area contributed by atoms with Gasteiger partial charge in [0, 0.05) is 17.4 Å². The summed E-state index contributed by atoms with van der Waals surface area (Å²) in [5.41, 5.74) is 0.0974. The number of rotatable bonds is 2. The van der Waals surface area contributed by atoms with Gasteiger partial charge in [0.2, 0.25) is 0 Å². The monoisotopic (exact) mass is 331 g/mol. The molecule has 0 bridgehead atoms. The molecule has 0 aliphatic heterocycles. The zero-order valence-corrected chi connectivity index (χ0v) is 12.0. The summed E-state index contributed by atoms with van der Waals surface area (Å²) in [5.74, 6) is -0.452. The predicted octanol–water partition coefficient (Wildman–Crippen LogP) is 5.25. The van der Waals surface area contributed by atoms with Crippen LogP contribution in [0, 0.1) is 12.4 Å². The van der Waals surface area contributed by atoms with Crippen LogP contribution in [-0.2, 0) is 6.18 Å². The minimum Gasteiger partial charge on any atom is -0.299 e. The van der Waals surface area contributed by atoms with Crippen molar-refractivity contribution >= 4 is 5.69 Å². The van der Waals surface area contributed by atoms with Crippen LogP contribution in [0.15, 0.2) is 54.7 Å². The van der Waals surface area contributed by atoms with E-state index in [0.29, 0.717) is 16.9 Å². The summed E-state index contributed by atoms with van der Waals surface area (Å²) >= 11 is 0. The van der Waals surface area contributed by atoms with Gasteiger partial charge in [-0.1, -0.05) is 12.1 Å². The molecule has 7 heteroatoms. The molecule has 0 saturated carbocycles. The van der Waals surface area contributed by atoms with Crippen LogP contribution in [0.2, 0.25) is 0 Å². The second kappa shape index (κ2) is 5.81. The fraction of sp³-hybridized carbons (Fsp3) is 0.0588. The van der Waals surface area contributed by atoms with E-state index in [1.807, 2.05) is 0 Å². The molecule has 3 aromatic rings. The Labute approximate surface area is 134 Å². The van der Waals surface area contributed by atoms with Gasteiger partial charge in [-0.25, -0.2) is 14.2 Å². The maximum atomic E-state index is 13.1. The van der Waals surface area contributed by atoms with Gasteiger partial charge in [0.1, 0.15) is 11.6 Å². The maximum Gasteiger partial charge on any atom is 0.434 e. The lowest BCUT2D eigenvalue weighted by molar-refractivity contribution is -0.140. The predicted molar refractivity (Wildman–Crippen MR) is 80.2 cm³/mol. The summed E-state index contributed by atoms with van der Waals surface area (Å²) in [4.78, 5) is 6.90. The highest BCUT2D eigenvalue weighted by Gasteiger charge is 2.35. The van der Waals surface area contributed by atoms with Crippen molar-refractivity contribution in [2.75, 3.05) is 0 Å². The molecule has 0 amide bonds. The van der Waals surface area contributed by atoms with Gasteiger partial charge in [0.05, 0.1) is 6.57 Å². The van der Waals surface area contributed by atoms with Crippen LogP contribution < -0.4 is 0 Å². The Morgan fingerprint density at radius 2 is 1.58 bits per heavy atom. The van der Waals surface area contributed by atoms with Crippen LogP contribution >= 0.6 is 0 Å². The van der Waals surface area contributed by atoms with Crippen LogP contribution in [0.4, 0.5) is 23.2 Å². The number of nitrogens with zero attached hydrogens (tertiary/aromatic N) is 3. The first-order valence-electron chi connectivity index (χ1n) is 6.79. The average molecular weight is 331 g/mol. The van der Waals surface area contributed by atoms with Crippen molar-refractivity contribution in [3.63, 3.8) is 0 Å². The molecular formula is C17H9F4N3. The van der Waals surface area contributed by atoms with E-state index in [1.54, 1.807) is 0 Å². The first-order valence-corrected chi connectivity index (χ1v) is 6.79. The van der Waals surface area contributed by atoms with Gasteiger partial charge in [-0.2, -0.15) is 13.2 Å². The number of aromatic nitrogens is 2. The van der Waals surface area contributed by atoms with Crippen LogP contribution in [0.1, 0.15) is 5.69 Å². The summed E-state index contributed by atoms with van der Waals surface area (Å²) in [6, 6.07) is 11.1. The lowest BCUT2D eigenvalue weighted by Gasteiger charge is -2.08. The van der Waals surface area contributed by atoms with Gasteiger partial charge in [0.25, 0.3) is 0 Å². The number of alkyl halides is 3. The van der Waals surface area contributed by atoms with Gasteiger partial charge >= 0.3 is 6.18 Å². The highest BCUT2D eigenvalue weighted by atomic mass is 19.4. The Morgan fingerprint density at radius 1 is 0.958 bits per heavy atom. The van der Waals surface area contributed by atoms with Gasteiger partial charge in [-0.15, -0.1) is 0 Å². The number of imidazole rings is 1. The van der Waals surface area contributed by atoms with E-state index in [0.717, 1.165) is 18.3 Å². The molecule has 0 fully saturated rings. The first-order chi connectivity index (χ1) is 11.4. The van der Waals surface area contributed by atoms with Crippen molar-refractivity contribution in [3.8, 4) is 17.1 Å². The van der Waals surface area contributed by atoms with E-state index in [9.17, 15) is 17.6 Å². The molecule has 120 valence electrons. The van der Waals surface area contributed by atoms with Gasteiger partial charge in [-0.3, -0.25) is 4.57 Å². The topological polar surface area (TPSA) is 22.2 Å². The SMILES string of the molecule is [C-]#[N+]c1ccc(-n2cc(C(F)(F)F)nc2-c2ccc(F)cc2)cc1. The van der Waals surface area contributed by atoms with E-state index in [-0.39, 0.29) is 5.82 Å². The molecule has 1 heterocycles. The summed E-state index contributed by atoms with van der Waals surface area (Å²) < 4.78 is 53.4. The van der Waals surface area contributed by atoms with E-state index in [4.69, 9.17) is 6.57 Å². The molecule has 3 rings (SSSR count). The number of halogens is 4. The van der Waals surface area contributed by atoms with Crippen molar-refractivity contribution in [2.45, 2.75) is 6.18 Å². The summed E-state index contributed by atoms with van der Waals surface area (Å²) in [7, 11) is 0. The molecule has 0 spiro atoms. The fourth-order valence-corrected chi connectivity index (χ4v) is 2.20. The summed E-state index contributed by atoms with van der Waals surface area (Å²) in [6.07, 6.45) is -3.72. The second-order valence-electron chi connectivity index (χ2n) is 4.95. The van der Waals surface area contributed by atoms with E-state index in [1.165, 1.54) is 41.0 Å². The first kappa shape index (κ1) is 15.7. The molecule has 0 aliphatic carbocycles. The lowest BCUT2D eigenvalue weighted by atomic mass is 10.2. The Kier molecular flexibility index (Phi) is 3.81. The minimum absolute atomic E-state index is 0.0397. The van der Waals surface area contributed by atoms with E-state index in [2.05, 4.69) is 9.83 Å². The van der Waals surface area contributed by atoms with E-state index < -0.39 is 17.7 Å². The van der Waals surface area contributed by atoms with Gasteiger partial charge in [0.15, 0.2) is 11.4 Å². The van der Waals surface area contributed by atoms with Crippen molar-refractivity contribution in [1.82, 2.24) is 9.55 Å². The van der Waals surface area contributed by atoms with Crippen LogP contribution in [0.3, 0.4) is 0 Å². The molecule has 0 N–H and O–H groups in total. The zero-order valence-electron chi connectivity index (χ0n) is 12.0. The third-order valence-corrected chi connectivity index (χ3v) is 3.36. The lowest BCUT2D eigenvalue weighted by Crippen LogP contribution is -2.04. The normalized spacial score (nSPS) is 11.3. The highest BCUT2D eigenvalue weighted by molar-refractivity contribution is 5.60. The summed E-state index contributed by atoms with van der Waals surface area (Å²) in [6.45, 7) is 6.92. The smallest absolute Gasteiger partial charge is 0.299 e. The minimum atomic E-state index is -4.60. The molecule has 0 atom stereocenters. The molecule has 24 heavy (non-hydrogen) atoms. The molecule has 2 aromatic carbocycles. The third kappa shape index (κ3) is 2.99. The Hall–Kier alpha value is -3.14. The maximum absolute atomic E-state index is 13.1. The Morgan fingerprint density at radius 3 is 2.12 bits per heavy atom. The molecule has 0 unspecified atom stereocenters. The number of benzene rings is 2. The molecule has 0 radical (unpaired) electrons. The van der Waals surface area contributed by atoms with Crippen molar-refractivity contribution in [3.05, 3.63) is 77.7 Å². The van der Waals surface area contributed by atoms with Crippen LogP contribution in [-0.4, -0.2) is 9.55 Å². The second-order valence-corrected chi connectivity index (χ2v) is 4.95. The summed E-state index contributed by atoms with van der Waals surface area (Å²) in [5, 5.41) is 0. The zero-order chi connectivity index (χ0) is 17.3. The van der Waals surface area contributed by atoms with Crippen molar-refractivity contribution in [2.24, 2.45) is 0 Å². The quantitative estimate of drug-likeness (QED) is 0.464. The standard InChI is InChI=1S/C17H9F4N3/c1-22-13-6-8-14(9-7-13)24-10-15(17(19,20)21)23-16(24)11-2-4-12(18)5-3-11/h2-10H. The van der Waals surface area contributed by atoms with Crippen molar-refractivity contribution < 1.29 is 17.6 Å². The fourth-order valence-electron chi connectivity index (χ4n) is 2.20. The highest BCUT2D eigenvalue weighted by Crippen LogP contribution is 2.33. The Bertz CT molecular complexity index is 901. The van der Waals surface area contributed by atoms with Crippen LogP contribution in [0.5, 0.6) is 0 Å². The van der Waals surface area contributed by atoms with Crippen molar-refractivity contribution in [1.29, 1.82) is 0 Å². The number of hydrogen-bond donors (Lipinski definition) is 0. The number of hydrogen-bond acceptors (Lipinski definition) is 1. The Balaban J connectivity index is 2.17. The molecule has 0 aliphatic rings. The van der Waals surface area contributed by atoms with E-state index >= 15 is 0 Å². The molecule has 3 nitrogen and oxygen atoms in total. The molecular weight excluding hydrogens is 322 g/mol. The van der Waals surface area contributed by atoms with Crippen LogP contribution in [0.25, 0.3) is 21.9 Å². The molecule has 1 aromatic heterocycles. The molecule has 0 saturated heterocycles. The average Bonchev–Trinajstić information content (AvgIpc) is 3.01.